The van der Waals surface area contributed by atoms with Crippen LogP contribution in [-0.2, 0) is 36.8 Å². The third kappa shape index (κ3) is 7.89. The number of nitrogens with two attached hydrogens (primary N) is 3. The number of carboxylic acid groups (broad SMARTS) is 1. The molecular weight excluding hydrogens is 620 g/mol. The number of benzene rings is 1. The first-order valence-corrected chi connectivity index (χ1v) is 16.9. The first-order valence-electron chi connectivity index (χ1n) is 16.9. The van der Waals surface area contributed by atoms with Crippen LogP contribution in [-0.4, -0.2) is 112 Å². The van der Waals surface area contributed by atoms with Gasteiger partial charge in [-0.15, -0.1) is 0 Å². The molecule has 2 aliphatic heterocycles. The number of β-amino-alcohol motifs (C(OH)–C–C–N with tert-alkyl or cyclic N) is 1. The molecule has 2 aliphatic carbocycles. The van der Waals surface area contributed by atoms with Crippen LogP contribution in [0, 0.1) is 11.8 Å². The molecule has 0 aromatic heterocycles. The Labute approximate surface area is 279 Å². The summed E-state index contributed by atoms with van der Waals surface area (Å²) >= 11 is 0. The zero-order valence-corrected chi connectivity index (χ0v) is 27.1. The molecule has 262 valence electrons. The highest BCUT2D eigenvalue weighted by Gasteiger charge is 2.51. The van der Waals surface area contributed by atoms with Crippen molar-refractivity contribution in [1.82, 2.24) is 20.4 Å². The summed E-state index contributed by atoms with van der Waals surface area (Å²) in [5.74, 6) is -3.48. The Bertz CT molecular complexity index is 1390. The number of rotatable bonds is 12. The average molecular weight is 669 g/mol. The van der Waals surface area contributed by atoms with Gasteiger partial charge in [-0.3, -0.25) is 24.2 Å². The molecule has 2 heterocycles. The van der Waals surface area contributed by atoms with Gasteiger partial charge in [0.2, 0.25) is 23.6 Å². The molecule has 4 aliphatic rings. The predicted molar refractivity (Wildman–Crippen MR) is 175 cm³/mol. The van der Waals surface area contributed by atoms with Crippen LogP contribution in [0.25, 0.3) is 0 Å². The number of amides is 4. The summed E-state index contributed by atoms with van der Waals surface area (Å²) < 4.78 is 0. The summed E-state index contributed by atoms with van der Waals surface area (Å²) in [6.07, 6.45) is 4.86. The number of nitrogens with zero attached hydrogens (tertiary/aromatic N) is 3. The monoisotopic (exact) mass is 668 g/mol. The predicted octanol–water partition coefficient (Wildman–Crippen LogP) is -1.41. The molecule has 10 N–H and O–H groups in total. The van der Waals surface area contributed by atoms with Gasteiger partial charge in [0.25, 0.3) is 0 Å². The number of carbonyl (C=O) groups is 5. The maximum absolute atomic E-state index is 14.1. The van der Waals surface area contributed by atoms with E-state index in [4.69, 9.17) is 17.2 Å². The summed E-state index contributed by atoms with van der Waals surface area (Å²) in [4.78, 5) is 73.0. The molecule has 4 amide bonds. The molecule has 0 bridgehead atoms. The van der Waals surface area contributed by atoms with Gasteiger partial charge in [-0.1, -0.05) is 37.1 Å². The lowest BCUT2D eigenvalue weighted by molar-refractivity contribution is -0.149. The fourth-order valence-corrected chi connectivity index (χ4v) is 8.05. The number of fused-ring (bicyclic) bond motifs is 2. The molecular formula is C33H48N8O7. The lowest BCUT2D eigenvalue weighted by Crippen LogP contribution is -2.57. The molecule has 0 unspecified atom stereocenters. The zero-order chi connectivity index (χ0) is 34.5. The fourth-order valence-electron chi connectivity index (χ4n) is 8.05. The number of hydrogen-bond donors (Lipinski definition) is 7. The molecule has 7 atom stereocenters. The average Bonchev–Trinajstić information content (AvgIpc) is 3.78. The first kappa shape index (κ1) is 35.1. The third-order valence-corrected chi connectivity index (χ3v) is 10.3. The third-order valence-electron chi connectivity index (χ3n) is 10.3. The van der Waals surface area contributed by atoms with E-state index in [1.54, 1.807) is 4.90 Å². The van der Waals surface area contributed by atoms with E-state index < -0.39 is 60.5 Å². The highest BCUT2D eigenvalue weighted by molar-refractivity contribution is 5.95. The number of guanidine groups is 1. The SMILES string of the molecule is NC(N)=NCCC[C@@H](N)C(=O)N1[C@H](C(=O)N2C[C@H](O)C[C@H]2C(=O)NCC(=O)N[C@H](C(=O)O)C2Cc3ccccc3C2)C[C@@H]2CCCC[C@@H]21. The van der Waals surface area contributed by atoms with E-state index in [9.17, 15) is 34.2 Å². The second kappa shape index (κ2) is 15.3. The van der Waals surface area contributed by atoms with Crippen LogP contribution in [0.1, 0.15) is 62.5 Å². The van der Waals surface area contributed by atoms with Gasteiger partial charge in [-0.2, -0.15) is 0 Å². The standard InChI is InChI=1S/C33H48N8O7/c34-23(9-5-11-37-33(35)36)30(45)41-24-10-4-3-8-20(24)14-26(41)31(46)40-17-22(42)15-25(40)29(44)38-16-27(43)39-28(32(47)48)21-12-18-6-1-2-7-19(18)13-21/h1-2,6-7,20-26,28,42H,3-5,8-17,34H2,(H,38,44)(H,39,43)(H,47,48)(H4,35,36,37)/t20-,22+,23+,24-,25-,26-,28-/m0/s1. The van der Waals surface area contributed by atoms with Gasteiger partial charge in [-0.05, 0) is 67.9 Å². The minimum absolute atomic E-state index is 0.0326. The van der Waals surface area contributed by atoms with Crippen LogP contribution < -0.4 is 27.8 Å². The number of aliphatic hydroxyl groups excluding tert-OH is 1. The van der Waals surface area contributed by atoms with Gasteiger partial charge in [0.15, 0.2) is 5.96 Å². The summed E-state index contributed by atoms with van der Waals surface area (Å²) in [5, 5.41) is 25.5. The molecule has 15 nitrogen and oxygen atoms in total. The van der Waals surface area contributed by atoms with Gasteiger partial charge in [-0.25, -0.2) is 4.79 Å². The largest absolute Gasteiger partial charge is 0.480 e. The van der Waals surface area contributed by atoms with Crippen molar-refractivity contribution in [2.24, 2.45) is 34.0 Å². The van der Waals surface area contributed by atoms with Crippen LogP contribution >= 0.6 is 0 Å². The first-order chi connectivity index (χ1) is 22.9. The van der Waals surface area contributed by atoms with E-state index in [1.165, 1.54) is 4.90 Å². The number of likely N-dealkylation sites (tertiary alicyclic amines) is 2. The van der Waals surface area contributed by atoms with Gasteiger partial charge in [0.05, 0.1) is 18.7 Å². The molecule has 48 heavy (non-hydrogen) atoms. The van der Waals surface area contributed by atoms with E-state index in [-0.39, 0.29) is 42.7 Å². The number of hydrogen-bond acceptors (Lipinski definition) is 8. The van der Waals surface area contributed by atoms with Crippen LogP contribution in [0.15, 0.2) is 29.3 Å². The van der Waals surface area contributed by atoms with Crippen molar-refractivity contribution in [2.45, 2.75) is 101 Å². The number of nitrogens with one attached hydrogen (secondary N) is 2. The lowest BCUT2D eigenvalue weighted by atomic mass is 9.84. The number of aliphatic hydroxyl groups is 1. The number of aliphatic imine (C=N–C) groups is 1. The Balaban J connectivity index is 1.21. The maximum atomic E-state index is 14.1. The van der Waals surface area contributed by atoms with E-state index in [2.05, 4.69) is 15.6 Å². The van der Waals surface area contributed by atoms with Crippen LogP contribution in [0.2, 0.25) is 0 Å². The van der Waals surface area contributed by atoms with Crippen molar-refractivity contribution in [3.63, 3.8) is 0 Å². The highest BCUT2D eigenvalue weighted by Crippen LogP contribution is 2.41. The van der Waals surface area contributed by atoms with Crippen molar-refractivity contribution in [1.29, 1.82) is 0 Å². The minimum Gasteiger partial charge on any atom is -0.480 e. The minimum atomic E-state index is -1.16. The summed E-state index contributed by atoms with van der Waals surface area (Å²) in [7, 11) is 0. The van der Waals surface area contributed by atoms with Gasteiger partial charge >= 0.3 is 5.97 Å². The van der Waals surface area contributed by atoms with Crippen molar-refractivity contribution in [3.8, 4) is 0 Å². The van der Waals surface area contributed by atoms with Crippen LogP contribution in [0.4, 0.5) is 0 Å². The molecule has 2 saturated heterocycles. The highest BCUT2D eigenvalue weighted by atomic mass is 16.4. The van der Waals surface area contributed by atoms with Gasteiger partial charge in [0.1, 0.15) is 18.1 Å². The van der Waals surface area contributed by atoms with E-state index >= 15 is 0 Å². The normalized spacial score (nSPS) is 26.2. The van der Waals surface area contributed by atoms with Gasteiger partial charge < -0.3 is 47.8 Å². The van der Waals surface area contributed by atoms with Crippen LogP contribution in [0.3, 0.4) is 0 Å². The quantitative estimate of drug-likeness (QED) is 0.0779. The molecule has 0 spiro atoms. The Morgan fingerprint density at radius 1 is 1.00 bits per heavy atom. The maximum Gasteiger partial charge on any atom is 0.326 e. The van der Waals surface area contributed by atoms with Crippen molar-refractivity contribution in [3.05, 3.63) is 35.4 Å². The Hall–Kier alpha value is -4.24. The topological polar surface area (TPSA) is 247 Å². The number of aliphatic carboxylic acids is 1. The summed E-state index contributed by atoms with van der Waals surface area (Å²) in [6.45, 7) is -0.265. The van der Waals surface area contributed by atoms with E-state index in [0.29, 0.717) is 38.6 Å². The Morgan fingerprint density at radius 2 is 1.69 bits per heavy atom. The molecule has 1 saturated carbocycles. The Kier molecular flexibility index (Phi) is 11.2. The molecule has 5 rings (SSSR count). The molecule has 1 aromatic rings. The van der Waals surface area contributed by atoms with Crippen molar-refractivity contribution >= 4 is 35.6 Å². The van der Waals surface area contributed by atoms with E-state index in [0.717, 1.165) is 36.8 Å². The van der Waals surface area contributed by atoms with E-state index in [1.807, 2.05) is 24.3 Å². The zero-order valence-electron chi connectivity index (χ0n) is 27.1. The smallest absolute Gasteiger partial charge is 0.326 e. The number of carbonyl (C=O) groups excluding carboxylic acids is 4. The second-order valence-corrected chi connectivity index (χ2v) is 13.6. The van der Waals surface area contributed by atoms with Crippen LogP contribution in [0.5, 0.6) is 0 Å². The summed E-state index contributed by atoms with van der Waals surface area (Å²) in [6, 6.07) is 3.65. The molecule has 1 aromatic carbocycles. The molecule has 15 heteroatoms. The second-order valence-electron chi connectivity index (χ2n) is 13.6. The fraction of sp³-hybridized carbons (Fsp3) is 0.636. The Morgan fingerprint density at radius 3 is 2.35 bits per heavy atom. The summed E-state index contributed by atoms with van der Waals surface area (Å²) in [5.41, 5.74) is 19.2. The molecule has 0 radical (unpaired) electrons. The van der Waals surface area contributed by atoms with Crippen molar-refractivity contribution < 1.29 is 34.2 Å². The lowest BCUT2D eigenvalue weighted by Gasteiger charge is -2.36. The number of carboxylic acids is 1. The van der Waals surface area contributed by atoms with Crippen molar-refractivity contribution in [2.75, 3.05) is 19.6 Å². The van der Waals surface area contributed by atoms with Gasteiger partial charge in [0, 0.05) is 25.6 Å². The molecule has 3 fully saturated rings.